The Hall–Kier alpha value is -2.12. The first-order chi connectivity index (χ1) is 11.6. The third kappa shape index (κ3) is 4.70. The van der Waals surface area contributed by atoms with Crippen molar-refractivity contribution in [2.24, 2.45) is 0 Å². The summed E-state index contributed by atoms with van der Waals surface area (Å²) in [5, 5.41) is 10.4. The van der Waals surface area contributed by atoms with Gasteiger partial charge in [-0.3, -0.25) is 9.89 Å². The Morgan fingerprint density at radius 2 is 2.12 bits per heavy atom. The zero-order chi connectivity index (χ0) is 16.9. The highest BCUT2D eigenvalue weighted by atomic mass is 35.5. The molecular weight excluding hydrogens is 347 g/mol. The van der Waals surface area contributed by atoms with Crippen molar-refractivity contribution in [1.29, 1.82) is 0 Å². The predicted molar refractivity (Wildman–Crippen MR) is 94.7 cm³/mol. The van der Waals surface area contributed by atoms with Gasteiger partial charge >= 0.3 is 0 Å². The highest BCUT2D eigenvalue weighted by Crippen LogP contribution is 2.17. The van der Waals surface area contributed by atoms with Crippen LogP contribution in [0.15, 0.2) is 24.3 Å². The molecule has 1 aromatic heterocycles. The van der Waals surface area contributed by atoms with Gasteiger partial charge in [0.05, 0.1) is 6.61 Å². The van der Waals surface area contributed by atoms with Crippen LogP contribution in [0.1, 0.15) is 28.2 Å². The molecule has 1 aromatic carbocycles. The maximum Gasteiger partial charge on any atom is 0.274 e. The minimum atomic E-state index is -0.287. The summed E-state index contributed by atoms with van der Waals surface area (Å²) in [6, 6.07) is 5.90. The lowest BCUT2D eigenvalue weighted by atomic mass is 10.1. The average molecular weight is 369 g/mol. The van der Waals surface area contributed by atoms with Crippen LogP contribution in [0.25, 0.3) is 0 Å². The van der Waals surface area contributed by atoms with Crippen LogP contribution in [0.3, 0.4) is 0 Å². The van der Waals surface area contributed by atoms with Crippen molar-refractivity contribution >= 4 is 18.3 Å². The lowest BCUT2D eigenvalue weighted by Crippen LogP contribution is -2.31. The molecule has 8 heteroatoms. The van der Waals surface area contributed by atoms with Crippen LogP contribution in [-0.4, -0.2) is 47.7 Å². The van der Waals surface area contributed by atoms with Gasteiger partial charge in [0.1, 0.15) is 11.6 Å². The summed E-state index contributed by atoms with van der Waals surface area (Å²) in [6.07, 6.45) is 1.55. The molecule has 0 unspecified atom stereocenters. The molecule has 0 saturated carbocycles. The van der Waals surface area contributed by atoms with Crippen molar-refractivity contribution in [3.05, 3.63) is 47.0 Å². The molecule has 3 rings (SSSR count). The molecule has 0 fully saturated rings. The first-order valence-electron chi connectivity index (χ1n) is 8.06. The minimum Gasteiger partial charge on any atom is -0.494 e. The fraction of sp³-hybridized carbons (Fsp3) is 0.412. The largest absolute Gasteiger partial charge is 0.494 e. The Balaban J connectivity index is 0.00000225. The lowest BCUT2D eigenvalue weighted by molar-refractivity contribution is 0.0780. The number of hydrogen-bond acceptors (Lipinski definition) is 4. The van der Waals surface area contributed by atoms with E-state index in [1.54, 1.807) is 24.1 Å². The van der Waals surface area contributed by atoms with Gasteiger partial charge in [-0.1, -0.05) is 0 Å². The van der Waals surface area contributed by atoms with Gasteiger partial charge in [0.2, 0.25) is 0 Å². The van der Waals surface area contributed by atoms with Crippen LogP contribution in [0.4, 0.5) is 4.39 Å². The van der Waals surface area contributed by atoms with Gasteiger partial charge in [-0.2, -0.15) is 5.10 Å². The molecule has 0 bridgehead atoms. The highest BCUT2D eigenvalue weighted by Gasteiger charge is 2.23. The number of H-pyrrole nitrogens is 1. The third-order valence-corrected chi connectivity index (χ3v) is 4.08. The van der Waals surface area contributed by atoms with Gasteiger partial charge in [0, 0.05) is 44.4 Å². The van der Waals surface area contributed by atoms with Crippen molar-refractivity contribution in [3.8, 4) is 5.75 Å². The van der Waals surface area contributed by atoms with E-state index < -0.39 is 0 Å². The molecule has 0 spiro atoms. The molecule has 136 valence electrons. The van der Waals surface area contributed by atoms with E-state index in [0.29, 0.717) is 37.6 Å². The monoisotopic (exact) mass is 368 g/mol. The van der Waals surface area contributed by atoms with E-state index in [-0.39, 0.29) is 24.1 Å². The van der Waals surface area contributed by atoms with E-state index in [0.717, 1.165) is 24.2 Å². The summed E-state index contributed by atoms with van der Waals surface area (Å²) in [7, 11) is 1.76. The Bertz CT molecular complexity index is 705. The molecule has 0 aliphatic carbocycles. The number of aromatic amines is 1. The second-order valence-corrected chi connectivity index (χ2v) is 5.84. The summed E-state index contributed by atoms with van der Waals surface area (Å²) < 4.78 is 18.3. The molecule has 0 radical (unpaired) electrons. The molecule has 2 aromatic rings. The number of carbonyl (C=O) groups excluding carboxylic acids is 1. The highest BCUT2D eigenvalue weighted by molar-refractivity contribution is 5.93. The molecule has 6 nitrogen and oxygen atoms in total. The number of benzene rings is 1. The van der Waals surface area contributed by atoms with Crippen LogP contribution in [0.5, 0.6) is 5.75 Å². The van der Waals surface area contributed by atoms with E-state index in [1.165, 1.54) is 12.1 Å². The third-order valence-electron chi connectivity index (χ3n) is 4.08. The number of ether oxygens (including phenoxy) is 1. The van der Waals surface area contributed by atoms with Crippen molar-refractivity contribution < 1.29 is 13.9 Å². The topological polar surface area (TPSA) is 70.2 Å². The number of hydrogen-bond donors (Lipinski definition) is 2. The van der Waals surface area contributed by atoms with Gasteiger partial charge < -0.3 is 15.0 Å². The fourth-order valence-electron chi connectivity index (χ4n) is 2.71. The van der Waals surface area contributed by atoms with E-state index >= 15 is 0 Å². The van der Waals surface area contributed by atoms with Crippen molar-refractivity contribution in [2.75, 3.05) is 26.7 Å². The maximum absolute atomic E-state index is 12.8. The number of rotatable bonds is 6. The fourth-order valence-corrected chi connectivity index (χ4v) is 2.71. The van der Waals surface area contributed by atoms with E-state index in [9.17, 15) is 9.18 Å². The number of aromatic nitrogens is 2. The van der Waals surface area contributed by atoms with Gasteiger partial charge in [-0.15, -0.1) is 12.4 Å². The Morgan fingerprint density at radius 1 is 1.36 bits per heavy atom. The first kappa shape index (κ1) is 19.2. The molecule has 1 aliphatic rings. The van der Waals surface area contributed by atoms with Crippen molar-refractivity contribution in [1.82, 2.24) is 20.4 Å². The molecule has 0 atom stereocenters. The van der Waals surface area contributed by atoms with Gasteiger partial charge in [0.15, 0.2) is 5.69 Å². The molecule has 2 heterocycles. The number of carbonyl (C=O) groups is 1. The van der Waals surface area contributed by atoms with E-state index in [1.807, 2.05) is 0 Å². The Kier molecular flexibility index (Phi) is 6.78. The van der Waals surface area contributed by atoms with Crippen LogP contribution >= 0.6 is 12.4 Å². The molecule has 2 N–H and O–H groups in total. The normalized spacial score (nSPS) is 12.9. The van der Waals surface area contributed by atoms with E-state index in [4.69, 9.17) is 4.74 Å². The molecule has 25 heavy (non-hydrogen) atoms. The standard InChI is InChI=1S/C17H21FN4O2.ClH/c1-22(9-2-10-24-13-5-3-12(18)4-6-13)17(23)16-14-11-19-8-7-15(14)20-21-16;/h3-6,19H,2,7-11H2,1H3,(H,20,21);1H. The Morgan fingerprint density at radius 3 is 2.88 bits per heavy atom. The number of nitrogens with zero attached hydrogens (tertiary/aromatic N) is 2. The van der Waals surface area contributed by atoms with E-state index in [2.05, 4.69) is 15.5 Å². The number of halogens is 2. The summed E-state index contributed by atoms with van der Waals surface area (Å²) >= 11 is 0. The van der Waals surface area contributed by atoms with Crippen LogP contribution in [0.2, 0.25) is 0 Å². The average Bonchev–Trinajstić information content (AvgIpc) is 3.03. The van der Waals surface area contributed by atoms with Gasteiger partial charge in [-0.25, -0.2) is 4.39 Å². The second kappa shape index (κ2) is 8.82. The first-order valence-corrected chi connectivity index (χ1v) is 8.06. The smallest absolute Gasteiger partial charge is 0.274 e. The maximum atomic E-state index is 12.8. The molecular formula is C17H22ClFN4O2. The zero-order valence-corrected chi connectivity index (χ0v) is 14.9. The molecule has 1 amide bonds. The number of amides is 1. The van der Waals surface area contributed by atoms with Crippen LogP contribution in [-0.2, 0) is 13.0 Å². The van der Waals surface area contributed by atoms with Crippen molar-refractivity contribution in [2.45, 2.75) is 19.4 Å². The summed E-state index contributed by atoms with van der Waals surface area (Å²) in [6.45, 7) is 2.60. The summed E-state index contributed by atoms with van der Waals surface area (Å²) in [4.78, 5) is 14.2. The minimum absolute atomic E-state index is 0. The second-order valence-electron chi connectivity index (χ2n) is 5.84. The lowest BCUT2D eigenvalue weighted by Gasteiger charge is -2.18. The van der Waals surface area contributed by atoms with Crippen LogP contribution < -0.4 is 10.1 Å². The van der Waals surface area contributed by atoms with Crippen molar-refractivity contribution in [3.63, 3.8) is 0 Å². The quantitative estimate of drug-likeness (QED) is 0.766. The zero-order valence-electron chi connectivity index (χ0n) is 14.0. The summed E-state index contributed by atoms with van der Waals surface area (Å²) in [5.41, 5.74) is 2.52. The number of fused-ring (bicyclic) bond motifs is 1. The Labute approximate surface area is 152 Å². The van der Waals surface area contributed by atoms with Crippen LogP contribution in [0, 0.1) is 5.82 Å². The van der Waals surface area contributed by atoms with Gasteiger partial charge in [0.25, 0.3) is 5.91 Å². The molecule has 0 saturated heterocycles. The SMILES string of the molecule is CN(CCCOc1ccc(F)cc1)C(=O)c1n[nH]c2c1CNCC2.Cl. The predicted octanol–water partition coefficient (Wildman–Crippen LogP) is 2.16. The summed E-state index contributed by atoms with van der Waals surface area (Å²) in [5.74, 6) is 0.250. The van der Waals surface area contributed by atoms with Gasteiger partial charge in [-0.05, 0) is 30.7 Å². The molecule has 1 aliphatic heterocycles. The number of nitrogens with one attached hydrogen (secondary N) is 2.